The third kappa shape index (κ3) is 6.15. The van der Waals surface area contributed by atoms with Gasteiger partial charge in [-0.3, -0.25) is 9.69 Å². The van der Waals surface area contributed by atoms with Crippen LogP contribution in [-0.2, 0) is 17.8 Å². The molecule has 1 amide bonds. The van der Waals surface area contributed by atoms with E-state index in [0.717, 1.165) is 63.4 Å². The summed E-state index contributed by atoms with van der Waals surface area (Å²) in [7, 11) is 1.67. The molecule has 41 heavy (non-hydrogen) atoms. The number of piperazine rings is 1. The van der Waals surface area contributed by atoms with Gasteiger partial charge in [-0.05, 0) is 72.4 Å². The topological polar surface area (TPSA) is 36.0 Å². The SMILES string of the molecule is COc1ccc(N2C(=O)[C@@H](CCCc3ccccc3)[C@@H]2c2ccc(N3CCN(Cc4ccccc4)CC3)cc2)cc1. The van der Waals surface area contributed by atoms with Gasteiger partial charge in [0.05, 0.1) is 19.1 Å². The first-order valence-electron chi connectivity index (χ1n) is 14.8. The predicted octanol–water partition coefficient (Wildman–Crippen LogP) is 6.74. The standard InChI is InChI=1S/C36H39N3O2/c1-41-33-21-19-32(20-22-33)39-35(34(36(39)40)14-8-13-28-9-4-2-5-10-28)30-15-17-31(18-16-30)38-25-23-37(24-26-38)27-29-11-6-3-7-12-29/h2-7,9-12,15-22,34-35H,8,13-14,23-27H2,1H3/t34-,35-/m0/s1. The summed E-state index contributed by atoms with van der Waals surface area (Å²) in [6.07, 6.45) is 2.88. The second-order valence-corrected chi connectivity index (χ2v) is 11.2. The number of anilines is 2. The summed E-state index contributed by atoms with van der Waals surface area (Å²) in [5.41, 5.74) is 6.10. The lowest BCUT2D eigenvalue weighted by molar-refractivity contribution is -0.130. The van der Waals surface area contributed by atoms with E-state index in [0.29, 0.717) is 0 Å². The highest BCUT2D eigenvalue weighted by molar-refractivity contribution is 6.03. The molecule has 2 aliphatic rings. The Morgan fingerprint density at radius 3 is 1.95 bits per heavy atom. The highest BCUT2D eigenvalue weighted by atomic mass is 16.5. The maximum Gasteiger partial charge on any atom is 0.233 e. The molecule has 2 heterocycles. The van der Waals surface area contributed by atoms with E-state index in [9.17, 15) is 4.79 Å². The molecule has 2 fully saturated rings. The van der Waals surface area contributed by atoms with E-state index >= 15 is 0 Å². The van der Waals surface area contributed by atoms with E-state index in [1.807, 2.05) is 29.2 Å². The maximum absolute atomic E-state index is 13.5. The van der Waals surface area contributed by atoms with E-state index < -0.39 is 0 Å². The number of carbonyl (C=O) groups excluding carboxylic acids is 1. The van der Waals surface area contributed by atoms with Crippen LogP contribution in [0, 0.1) is 5.92 Å². The van der Waals surface area contributed by atoms with Gasteiger partial charge in [0.25, 0.3) is 0 Å². The van der Waals surface area contributed by atoms with Crippen molar-refractivity contribution in [2.75, 3.05) is 43.1 Å². The summed E-state index contributed by atoms with van der Waals surface area (Å²) >= 11 is 0. The first-order valence-corrected chi connectivity index (χ1v) is 14.8. The van der Waals surface area contributed by atoms with Gasteiger partial charge < -0.3 is 14.5 Å². The Kier molecular flexibility index (Phi) is 8.33. The predicted molar refractivity (Wildman–Crippen MR) is 166 cm³/mol. The van der Waals surface area contributed by atoms with E-state index in [1.54, 1.807) is 7.11 Å². The summed E-state index contributed by atoms with van der Waals surface area (Å²) < 4.78 is 5.35. The number of nitrogens with zero attached hydrogens (tertiary/aromatic N) is 3. The van der Waals surface area contributed by atoms with Crippen LogP contribution in [0.1, 0.15) is 35.6 Å². The first-order chi connectivity index (χ1) is 20.2. The fourth-order valence-electron chi connectivity index (χ4n) is 6.30. The smallest absolute Gasteiger partial charge is 0.233 e. The van der Waals surface area contributed by atoms with E-state index in [1.165, 1.54) is 22.4 Å². The number of carbonyl (C=O) groups is 1. The van der Waals surface area contributed by atoms with Crippen molar-refractivity contribution in [1.82, 2.24) is 4.90 Å². The van der Waals surface area contributed by atoms with Gasteiger partial charge in [-0.1, -0.05) is 72.8 Å². The minimum absolute atomic E-state index is 0.00630. The second kappa shape index (κ2) is 12.6. The zero-order valence-electron chi connectivity index (χ0n) is 23.9. The molecule has 0 spiro atoms. The summed E-state index contributed by atoms with van der Waals surface area (Å²) in [6, 6.07) is 38.2. The summed E-state index contributed by atoms with van der Waals surface area (Å²) in [5.74, 6) is 1.01. The molecule has 4 aromatic rings. The van der Waals surface area contributed by atoms with Crippen molar-refractivity contribution in [2.45, 2.75) is 31.8 Å². The van der Waals surface area contributed by atoms with Crippen molar-refractivity contribution in [3.8, 4) is 5.75 Å². The Bertz CT molecular complexity index is 1400. The molecular formula is C36H39N3O2. The number of ether oxygens (including phenoxy) is 1. The maximum atomic E-state index is 13.5. The Balaban J connectivity index is 1.14. The van der Waals surface area contributed by atoms with Gasteiger partial charge in [0, 0.05) is 44.1 Å². The number of methoxy groups -OCH3 is 1. The largest absolute Gasteiger partial charge is 0.497 e. The number of β-lactam (4-membered cyclic amide) rings is 1. The number of hydrogen-bond acceptors (Lipinski definition) is 4. The molecule has 0 N–H and O–H groups in total. The molecule has 6 rings (SSSR count). The number of amides is 1. The lowest BCUT2D eigenvalue weighted by Crippen LogP contribution is -2.55. The van der Waals surface area contributed by atoms with Crippen molar-refractivity contribution in [2.24, 2.45) is 5.92 Å². The fourth-order valence-corrected chi connectivity index (χ4v) is 6.30. The average molecular weight is 546 g/mol. The van der Waals surface area contributed by atoms with Gasteiger partial charge in [-0.15, -0.1) is 0 Å². The number of rotatable bonds is 10. The van der Waals surface area contributed by atoms with Crippen molar-refractivity contribution >= 4 is 17.3 Å². The highest BCUT2D eigenvalue weighted by Crippen LogP contribution is 2.46. The lowest BCUT2D eigenvalue weighted by Gasteiger charge is -2.48. The Labute approximate surface area is 244 Å². The molecule has 0 radical (unpaired) electrons. The van der Waals surface area contributed by atoms with Crippen LogP contribution in [0.4, 0.5) is 11.4 Å². The summed E-state index contributed by atoms with van der Waals surface area (Å²) in [6.45, 7) is 5.17. The van der Waals surface area contributed by atoms with E-state index in [4.69, 9.17) is 4.74 Å². The van der Waals surface area contributed by atoms with Crippen LogP contribution in [-0.4, -0.2) is 44.1 Å². The van der Waals surface area contributed by atoms with Gasteiger partial charge in [0.2, 0.25) is 5.91 Å². The molecule has 210 valence electrons. The third-order valence-corrected chi connectivity index (χ3v) is 8.61. The van der Waals surface area contributed by atoms with Gasteiger partial charge in [-0.25, -0.2) is 0 Å². The van der Waals surface area contributed by atoms with Crippen molar-refractivity contribution in [3.05, 3.63) is 126 Å². The van der Waals surface area contributed by atoms with Crippen molar-refractivity contribution in [1.29, 1.82) is 0 Å². The molecule has 5 nitrogen and oxygen atoms in total. The molecule has 5 heteroatoms. The molecule has 0 aromatic heterocycles. The van der Waals surface area contributed by atoms with Crippen LogP contribution in [0.3, 0.4) is 0 Å². The molecule has 2 atom stereocenters. The van der Waals surface area contributed by atoms with Crippen LogP contribution >= 0.6 is 0 Å². The molecule has 0 bridgehead atoms. The molecule has 4 aromatic carbocycles. The van der Waals surface area contributed by atoms with E-state index in [2.05, 4.69) is 94.7 Å². The van der Waals surface area contributed by atoms with Gasteiger partial charge >= 0.3 is 0 Å². The van der Waals surface area contributed by atoms with Crippen LogP contribution in [0.25, 0.3) is 0 Å². The molecule has 0 saturated carbocycles. The zero-order chi connectivity index (χ0) is 28.0. The number of benzene rings is 4. The first kappa shape index (κ1) is 27.1. The summed E-state index contributed by atoms with van der Waals surface area (Å²) in [5, 5.41) is 0. The lowest BCUT2D eigenvalue weighted by atomic mass is 9.78. The fraction of sp³-hybridized carbons (Fsp3) is 0.306. The third-order valence-electron chi connectivity index (χ3n) is 8.61. The van der Waals surface area contributed by atoms with E-state index in [-0.39, 0.29) is 17.9 Å². The Hall–Kier alpha value is -4.09. The van der Waals surface area contributed by atoms with Crippen LogP contribution < -0.4 is 14.5 Å². The average Bonchev–Trinajstić information content (AvgIpc) is 3.03. The minimum atomic E-state index is -0.00630. The minimum Gasteiger partial charge on any atom is -0.497 e. The van der Waals surface area contributed by atoms with Crippen molar-refractivity contribution < 1.29 is 9.53 Å². The van der Waals surface area contributed by atoms with Gasteiger partial charge in [0.15, 0.2) is 0 Å². The zero-order valence-corrected chi connectivity index (χ0v) is 23.9. The monoisotopic (exact) mass is 545 g/mol. The quantitative estimate of drug-likeness (QED) is 0.207. The Morgan fingerprint density at radius 2 is 1.32 bits per heavy atom. The van der Waals surface area contributed by atoms with Crippen LogP contribution in [0.15, 0.2) is 109 Å². The Morgan fingerprint density at radius 1 is 0.707 bits per heavy atom. The highest BCUT2D eigenvalue weighted by Gasteiger charge is 2.48. The normalized spacial score (nSPS) is 19.2. The molecule has 0 aliphatic carbocycles. The number of aryl methyl sites for hydroxylation is 1. The van der Waals surface area contributed by atoms with Crippen LogP contribution in [0.5, 0.6) is 5.75 Å². The number of hydrogen-bond donors (Lipinski definition) is 0. The molecule has 0 unspecified atom stereocenters. The summed E-state index contributed by atoms with van der Waals surface area (Å²) in [4.78, 5) is 20.5. The van der Waals surface area contributed by atoms with Gasteiger partial charge in [-0.2, -0.15) is 0 Å². The van der Waals surface area contributed by atoms with Crippen molar-refractivity contribution in [3.63, 3.8) is 0 Å². The van der Waals surface area contributed by atoms with Gasteiger partial charge in [0.1, 0.15) is 5.75 Å². The molecule has 2 saturated heterocycles. The molecular weight excluding hydrogens is 506 g/mol. The van der Waals surface area contributed by atoms with Crippen LogP contribution in [0.2, 0.25) is 0 Å². The molecule has 2 aliphatic heterocycles. The second-order valence-electron chi connectivity index (χ2n) is 11.2.